The van der Waals surface area contributed by atoms with Crippen LogP contribution < -0.4 is 5.32 Å². The first-order valence-corrected chi connectivity index (χ1v) is 9.95. The summed E-state index contributed by atoms with van der Waals surface area (Å²) in [5, 5.41) is 14.7. The second-order valence-corrected chi connectivity index (χ2v) is 7.45. The summed E-state index contributed by atoms with van der Waals surface area (Å²) in [7, 11) is 0. The summed E-state index contributed by atoms with van der Waals surface area (Å²) < 4.78 is 5.92. The predicted octanol–water partition coefficient (Wildman–Crippen LogP) is 4.14. The SMILES string of the molecule is Cc1cccc(-c2ccccc2C(c2ccccc2)C(O)C2CNCCO2)c1. The molecule has 2 N–H and O–H groups in total. The highest BCUT2D eigenvalue weighted by Gasteiger charge is 2.33. The van der Waals surface area contributed by atoms with Crippen LogP contribution in [0.3, 0.4) is 0 Å². The summed E-state index contributed by atoms with van der Waals surface area (Å²) in [6.07, 6.45) is -0.870. The van der Waals surface area contributed by atoms with E-state index in [0.717, 1.165) is 23.2 Å². The molecule has 0 saturated carbocycles. The molecule has 0 bridgehead atoms. The van der Waals surface area contributed by atoms with Crippen molar-refractivity contribution in [2.24, 2.45) is 0 Å². The van der Waals surface area contributed by atoms with E-state index in [4.69, 9.17) is 4.74 Å². The fourth-order valence-electron chi connectivity index (χ4n) is 4.08. The fraction of sp³-hybridized carbons (Fsp3) is 0.280. The minimum atomic E-state index is -0.638. The van der Waals surface area contributed by atoms with E-state index in [1.165, 1.54) is 11.1 Å². The first kappa shape index (κ1) is 18.9. The van der Waals surface area contributed by atoms with Gasteiger partial charge in [-0.15, -0.1) is 0 Å². The monoisotopic (exact) mass is 373 g/mol. The van der Waals surface area contributed by atoms with E-state index < -0.39 is 6.10 Å². The summed E-state index contributed by atoms with van der Waals surface area (Å²) >= 11 is 0. The number of aliphatic hydroxyl groups excluding tert-OH is 1. The first-order chi connectivity index (χ1) is 13.7. The molecule has 28 heavy (non-hydrogen) atoms. The molecule has 1 fully saturated rings. The largest absolute Gasteiger partial charge is 0.389 e. The number of hydrogen-bond acceptors (Lipinski definition) is 3. The molecule has 0 aromatic heterocycles. The Kier molecular flexibility index (Phi) is 5.87. The van der Waals surface area contributed by atoms with E-state index in [0.29, 0.717) is 13.2 Å². The third-order valence-corrected chi connectivity index (χ3v) is 5.46. The summed E-state index contributed by atoms with van der Waals surface area (Å²) in [6, 6.07) is 27.2. The molecule has 3 unspecified atom stereocenters. The molecule has 3 atom stereocenters. The van der Waals surface area contributed by atoms with Crippen LogP contribution in [0.4, 0.5) is 0 Å². The van der Waals surface area contributed by atoms with Crippen LogP contribution in [0.5, 0.6) is 0 Å². The molecule has 1 saturated heterocycles. The molecular formula is C25H27NO2. The molecule has 3 aromatic carbocycles. The molecule has 3 heteroatoms. The molecule has 3 aromatic rings. The fourth-order valence-corrected chi connectivity index (χ4v) is 4.08. The second kappa shape index (κ2) is 8.70. The van der Waals surface area contributed by atoms with Crippen molar-refractivity contribution in [3.8, 4) is 11.1 Å². The van der Waals surface area contributed by atoms with Gasteiger partial charge >= 0.3 is 0 Å². The Morgan fingerprint density at radius 2 is 1.75 bits per heavy atom. The van der Waals surface area contributed by atoms with Gasteiger partial charge in [0.15, 0.2) is 0 Å². The van der Waals surface area contributed by atoms with Crippen LogP contribution in [-0.2, 0) is 4.74 Å². The highest BCUT2D eigenvalue weighted by Crippen LogP contribution is 2.37. The maximum absolute atomic E-state index is 11.4. The van der Waals surface area contributed by atoms with E-state index in [-0.39, 0.29) is 12.0 Å². The highest BCUT2D eigenvalue weighted by molar-refractivity contribution is 5.69. The lowest BCUT2D eigenvalue weighted by Gasteiger charge is -2.34. The van der Waals surface area contributed by atoms with Gasteiger partial charge in [0.2, 0.25) is 0 Å². The molecule has 0 radical (unpaired) electrons. The number of nitrogens with one attached hydrogen (secondary N) is 1. The van der Waals surface area contributed by atoms with Crippen molar-refractivity contribution in [1.29, 1.82) is 0 Å². The van der Waals surface area contributed by atoms with Crippen molar-refractivity contribution >= 4 is 0 Å². The summed E-state index contributed by atoms with van der Waals surface area (Å²) in [4.78, 5) is 0. The van der Waals surface area contributed by atoms with Crippen LogP contribution in [-0.4, -0.2) is 37.0 Å². The van der Waals surface area contributed by atoms with Gasteiger partial charge in [-0.3, -0.25) is 0 Å². The maximum atomic E-state index is 11.4. The third kappa shape index (κ3) is 4.02. The number of morpholine rings is 1. The summed E-state index contributed by atoms with van der Waals surface area (Å²) in [5.41, 5.74) is 5.78. The molecule has 0 amide bonds. The normalized spacial score (nSPS) is 19.1. The Labute approximate surface area is 167 Å². The zero-order chi connectivity index (χ0) is 19.3. The maximum Gasteiger partial charge on any atom is 0.0967 e. The van der Waals surface area contributed by atoms with Gasteiger partial charge in [0, 0.05) is 19.0 Å². The molecule has 0 spiro atoms. The van der Waals surface area contributed by atoms with E-state index in [9.17, 15) is 5.11 Å². The first-order valence-electron chi connectivity index (χ1n) is 9.95. The smallest absolute Gasteiger partial charge is 0.0967 e. The van der Waals surface area contributed by atoms with Crippen LogP contribution >= 0.6 is 0 Å². The molecule has 0 aliphatic carbocycles. The Morgan fingerprint density at radius 3 is 2.50 bits per heavy atom. The van der Waals surface area contributed by atoms with Crippen LogP contribution in [0.25, 0.3) is 11.1 Å². The highest BCUT2D eigenvalue weighted by atomic mass is 16.5. The third-order valence-electron chi connectivity index (χ3n) is 5.46. The standard InChI is InChI=1S/C25H27NO2/c1-18-8-7-11-20(16-18)21-12-5-6-13-22(21)24(19-9-3-2-4-10-19)25(27)23-17-26-14-15-28-23/h2-13,16,23-27H,14-15,17H2,1H3. The van der Waals surface area contributed by atoms with E-state index in [1.54, 1.807) is 0 Å². The molecule has 144 valence electrons. The average Bonchev–Trinajstić information content (AvgIpc) is 2.76. The van der Waals surface area contributed by atoms with Gasteiger partial charge in [0.05, 0.1) is 18.8 Å². The van der Waals surface area contributed by atoms with Crippen molar-refractivity contribution in [3.05, 3.63) is 95.6 Å². The van der Waals surface area contributed by atoms with Gasteiger partial charge < -0.3 is 15.2 Å². The van der Waals surface area contributed by atoms with Gasteiger partial charge in [0.1, 0.15) is 0 Å². The zero-order valence-corrected chi connectivity index (χ0v) is 16.2. The lowest BCUT2D eigenvalue weighted by Crippen LogP contribution is -2.47. The second-order valence-electron chi connectivity index (χ2n) is 7.45. The van der Waals surface area contributed by atoms with Crippen LogP contribution in [0.1, 0.15) is 22.6 Å². The molecule has 1 aliphatic rings. The minimum Gasteiger partial charge on any atom is -0.389 e. The van der Waals surface area contributed by atoms with Gasteiger partial charge in [-0.1, -0.05) is 84.4 Å². The zero-order valence-electron chi connectivity index (χ0n) is 16.2. The molecule has 1 aliphatic heterocycles. The van der Waals surface area contributed by atoms with Crippen molar-refractivity contribution in [2.45, 2.75) is 25.0 Å². The number of hydrogen-bond donors (Lipinski definition) is 2. The van der Waals surface area contributed by atoms with Crippen molar-refractivity contribution in [3.63, 3.8) is 0 Å². The van der Waals surface area contributed by atoms with E-state index in [2.05, 4.69) is 72.9 Å². The average molecular weight is 373 g/mol. The number of rotatable bonds is 5. The van der Waals surface area contributed by atoms with Crippen LogP contribution in [0.2, 0.25) is 0 Å². The van der Waals surface area contributed by atoms with Gasteiger partial charge in [-0.05, 0) is 29.2 Å². The Balaban J connectivity index is 1.81. The van der Waals surface area contributed by atoms with Crippen molar-refractivity contribution in [1.82, 2.24) is 5.32 Å². The number of ether oxygens (including phenoxy) is 1. The van der Waals surface area contributed by atoms with Gasteiger partial charge in [0.25, 0.3) is 0 Å². The molecular weight excluding hydrogens is 346 g/mol. The van der Waals surface area contributed by atoms with E-state index in [1.807, 2.05) is 18.2 Å². The number of aryl methyl sites for hydroxylation is 1. The number of benzene rings is 3. The minimum absolute atomic E-state index is 0.164. The summed E-state index contributed by atoms with van der Waals surface area (Å²) in [6.45, 7) is 4.23. The number of aliphatic hydroxyl groups is 1. The quantitative estimate of drug-likeness (QED) is 0.706. The van der Waals surface area contributed by atoms with E-state index >= 15 is 0 Å². The van der Waals surface area contributed by atoms with Crippen molar-refractivity contribution < 1.29 is 9.84 Å². The lowest BCUT2D eigenvalue weighted by atomic mass is 9.80. The van der Waals surface area contributed by atoms with Crippen LogP contribution in [0, 0.1) is 6.92 Å². The molecule has 4 rings (SSSR count). The Bertz CT molecular complexity index is 903. The summed E-state index contributed by atoms with van der Waals surface area (Å²) in [5.74, 6) is -0.164. The Morgan fingerprint density at radius 1 is 0.964 bits per heavy atom. The van der Waals surface area contributed by atoms with Crippen molar-refractivity contribution in [2.75, 3.05) is 19.7 Å². The molecule has 1 heterocycles. The lowest BCUT2D eigenvalue weighted by molar-refractivity contribution is -0.0576. The predicted molar refractivity (Wildman–Crippen MR) is 114 cm³/mol. The van der Waals surface area contributed by atoms with Gasteiger partial charge in [-0.2, -0.15) is 0 Å². The topological polar surface area (TPSA) is 41.5 Å². The Hall–Kier alpha value is -2.46. The molecule has 3 nitrogen and oxygen atoms in total. The van der Waals surface area contributed by atoms with Crippen LogP contribution in [0.15, 0.2) is 78.9 Å². The van der Waals surface area contributed by atoms with Gasteiger partial charge in [-0.25, -0.2) is 0 Å².